The maximum atomic E-state index is 11.3. The van der Waals surface area contributed by atoms with Gasteiger partial charge in [-0.25, -0.2) is 0 Å². The van der Waals surface area contributed by atoms with Crippen LogP contribution in [0.2, 0.25) is 10.0 Å². The number of carbonyl (C=O) groups is 1. The molecule has 0 amide bonds. The maximum absolute atomic E-state index is 11.3. The molecule has 0 fully saturated rings. The summed E-state index contributed by atoms with van der Waals surface area (Å²) in [5.41, 5.74) is 1.35. The molecule has 0 atom stereocenters. The van der Waals surface area contributed by atoms with E-state index in [2.05, 4.69) is 15.9 Å². The summed E-state index contributed by atoms with van der Waals surface area (Å²) < 4.78 is 0. The van der Waals surface area contributed by atoms with Crippen molar-refractivity contribution in [1.29, 1.82) is 0 Å². The van der Waals surface area contributed by atoms with E-state index in [1.165, 1.54) is 0 Å². The Kier molecular flexibility index (Phi) is 3.77. The minimum Gasteiger partial charge on any atom is -0.293 e. The Hall–Kier alpha value is -0.0500. The number of benzene rings is 1. The van der Waals surface area contributed by atoms with E-state index in [1.54, 1.807) is 19.1 Å². The Morgan fingerprint density at radius 1 is 1.46 bits per heavy atom. The molecule has 0 heterocycles. The van der Waals surface area contributed by atoms with E-state index in [0.29, 0.717) is 20.9 Å². The van der Waals surface area contributed by atoms with Crippen LogP contribution < -0.4 is 0 Å². The molecule has 0 N–H and O–H groups in total. The van der Waals surface area contributed by atoms with Crippen LogP contribution in [0.1, 0.15) is 15.9 Å². The molecule has 0 aromatic heterocycles. The molecule has 0 bridgehead atoms. The van der Waals surface area contributed by atoms with Crippen LogP contribution in [0, 0.1) is 6.92 Å². The highest BCUT2D eigenvalue weighted by molar-refractivity contribution is 9.09. The van der Waals surface area contributed by atoms with Gasteiger partial charge in [0.2, 0.25) is 0 Å². The van der Waals surface area contributed by atoms with Crippen LogP contribution in [0.15, 0.2) is 12.1 Å². The second-order valence-electron chi connectivity index (χ2n) is 2.59. The number of Topliss-reactive ketones (excluding diaryl/α,β-unsaturated/α-hetero) is 1. The summed E-state index contributed by atoms with van der Waals surface area (Å²) in [7, 11) is 0. The van der Waals surface area contributed by atoms with Crippen LogP contribution in [0.4, 0.5) is 0 Å². The number of ketones is 1. The van der Waals surface area contributed by atoms with Crippen molar-refractivity contribution in [1.82, 2.24) is 0 Å². The lowest BCUT2D eigenvalue weighted by Crippen LogP contribution is -2.02. The molecule has 0 radical (unpaired) electrons. The molecule has 1 aromatic rings. The first-order valence-electron chi connectivity index (χ1n) is 3.61. The molecule has 0 aliphatic rings. The van der Waals surface area contributed by atoms with Crippen molar-refractivity contribution in [2.45, 2.75) is 6.92 Å². The quantitative estimate of drug-likeness (QED) is 0.594. The van der Waals surface area contributed by atoms with E-state index >= 15 is 0 Å². The van der Waals surface area contributed by atoms with Gasteiger partial charge in [-0.3, -0.25) is 4.79 Å². The first-order chi connectivity index (χ1) is 6.07. The predicted molar refractivity (Wildman–Crippen MR) is 59.3 cm³/mol. The summed E-state index contributed by atoms with van der Waals surface area (Å²) in [6.45, 7) is 1.78. The fourth-order valence-electron chi connectivity index (χ4n) is 1.03. The molecule has 0 unspecified atom stereocenters. The van der Waals surface area contributed by atoms with Crippen molar-refractivity contribution in [3.05, 3.63) is 33.3 Å². The van der Waals surface area contributed by atoms with Crippen LogP contribution >= 0.6 is 39.1 Å². The van der Waals surface area contributed by atoms with Crippen LogP contribution in [-0.2, 0) is 0 Å². The van der Waals surface area contributed by atoms with E-state index in [-0.39, 0.29) is 5.78 Å². The molecule has 4 heteroatoms. The third kappa shape index (κ3) is 2.25. The van der Waals surface area contributed by atoms with Crippen molar-refractivity contribution in [3.8, 4) is 0 Å². The van der Waals surface area contributed by atoms with E-state index in [0.717, 1.165) is 5.56 Å². The van der Waals surface area contributed by atoms with Crippen molar-refractivity contribution in [2.24, 2.45) is 0 Å². The first kappa shape index (κ1) is 11.0. The van der Waals surface area contributed by atoms with Gasteiger partial charge in [-0.05, 0) is 24.6 Å². The number of hydrogen-bond donors (Lipinski definition) is 0. The average Bonchev–Trinajstić information content (AvgIpc) is 2.13. The van der Waals surface area contributed by atoms with Crippen LogP contribution in [0.5, 0.6) is 0 Å². The number of hydrogen-bond acceptors (Lipinski definition) is 1. The SMILES string of the molecule is Cc1c(C(=O)CBr)ccc(Cl)c1Cl. The van der Waals surface area contributed by atoms with Gasteiger partial charge in [0.05, 0.1) is 15.4 Å². The highest BCUT2D eigenvalue weighted by Crippen LogP contribution is 2.28. The fourth-order valence-corrected chi connectivity index (χ4v) is 1.70. The van der Waals surface area contributed by atoms with E-state index in [1.807, 2.05) is 0 Å². The van der Waals surface area contributed by atoms with Crippen molar-refractivity contribution < 1.29 is 4.79 Å². The number of carbonyl (C=O) groups excluding carboxylic acids is 1. The third-order valence-corrected chi connectivity index (χ3v) is 3.17. The second kappa shape index (κ2) is 4.45. The Balaban J connectivity index is 3.26. The van der Waals surface area contributed by atoms with Crippen molar-refractivity contribution in [3.63, 3.8) is 0 Å². The number of halogens is 3. The molecule has 1 aromatic carbocycles. The minimum atomic E-state index is 0.0102. The maximum Gasteiger partial charge on any atom is 0.173 e. The average molecular weight is 282 g/mol. The monoisotopic (exact) mass is 280 g/mol. The Labute approximate surface area is 95.2 Å². The van der Waals surface area contributed by atoms with Crippen LogP contribution in [0.3, 0.4) is 0 Å². The molecule has 0 spiro atoms. The molecular weight excluding hydrogens is 275 g/mol. The molecule has 1 rings (SSSR count). The molecule has 13 heavy (non-hydrogen) atoms. The second-order valence-corrected chi connectivity index (χ2v) is 3.94. The van der Waals surface area contributed by atoms with Crippen LogP contribution in [0.25, 0.3) is 0 Å². The normalized spacial score (nSPS) is 10.2. The van der Waals surface area contributed by atoms with Gasteiger partial charge in [-0.15, -0.1) is 0 Å². The summed E-state index contributed by atoms with van der Waals surface area (Å²) in [4.78, 5) is 11.3. The largest absolute Gasteiger partial charge is 0.293 e. The lowest BCUT2D eigenvalue weighted by Gasteiger charge is -2.05. The standard InChI is InChI=1S/C9H7BrCl2O/c1-5-6(8(13)4-10)2-3-7(11)9(5)12/h2-3H,4H2,1H3. The van der Waals surface area contributed by atoms with Gasteiger partial charge in [-0.2, -0.15) is 0 Å². The first-order valence-corrected chi connectivity index (χ1v) is 5.49. The molecular formula is C9H7BrCl2O. The van der Waals surface area contributed by atoms with Crippen LogP contribution in [-0.4, -0.2) is 11.1 Å². The Morgan fingerprint density at radius 3 is 2.62 bits per heavy atom. The van der Waals surface area contributed by atoms with Crippen molar-refractivity contribution in [2.75, 3.05) is 5.33 Å². The summed E-state index contributed by atoms with van der Waals surface area (Å²) in [5, 5.41) is 1.23. The zero-order valence-corrected chi connectivity index (χ0v) is 10.0. The van der Waals surface area contributed by atoms with Gasteiger partial charge < -0.3 is 0 Å². The third-order valence-electron chi connectivity index (χ3n) is 1.76. The predicted octanol–water partition coefficient (Wildman–Crippen LogP) is 3.88. The molecule has 0 saturated heterocycles. The van der Waals surface area contributed by atoms with Gasteiger partial charge in [0.15, 0.2) is 5.78 Å². The van der Waals surface area contributed by atoms with Gasteiger partial charge in [0, 0.05) is 5.56 Å². The molecule has 1 nitrogen and oxygen atoms in total. The van der Waals surface area contributed by atoms with Crippen molar-refractivity contribution >= 4 is 44.9 Å². The van der Waals surface area contributed by atoms with Gasteiger partial charge in [0.1, 0.15) is 0 Å². The Bertz CT molecular complexity index is 350. The zero-order valence-electron chi connectivity index (χ0n) is 6.90. The zero-order chi connectivity index (χ0) is 10.0. The lowest BCUT2D eigenvalue weighted by atomic mass is 10.1. The number of alkyl halides is 1. The summed E-state index contributed by atoms with van der Waals surface area (Å²) in [5.74, 6) is 0.0102. The topological polar surface area (TPSA) is 17.1 Å². The lowest BCUT2D eigenvalue weighted by molar-refractivity contribution is 0.102. The summed E-state index contributed by atoms with van der Waals surface area (Å²) >= 11 is 14.8. The highest BCUT2D eigenvalue weighted by atomic mass is 79.9. The van der Waals surface area contributed by atoms with E-state index in [9.17, 15) is 4.79 Å². The van der Waals surface area contributed by atoms with Gasteiger partial charge >= 0.3 is 0 Å². The molecule has 0 saturated carbocycles. The van der Waals surface area contributed by atoms with E-state index < -0.39 is 0 Å². The van der Waals surface area contributed by atoms with Gasteiger partial charge in [0.25, 0.3) is 0 Å². The fraction of sp³-hybridized carbons (Fsp3) is 0.222. The molecule has 0 aliphatic carbocycles. The highest BCUT2D eigenvalue weighted by Gasteiger charge is 2.11. The molecule has 0 aliphatic heterocycles. The smallest absolute Gasteiger partial charge is 0.173 e. The van der Waals surface area contributed by atoms with E-state index in [4.69, 9.17) is 23.2 Å². The number of rotatable bonds is 2. The summed E-state index contributed by atoms with van der Waals surface area (Å²) in [6.07, 6.45) is 0. The molecule has 70 valence electrons. The Morgan fingerprint density at radius 2 is 2.08 bits per heavy atom. The minimum absolute atomic E-state index is 0.0102. The van der Waals surface area contributed by atoms with Gasteiger partial charge in [-0.1, -0.05) is 39.1 Å². The summed E-state index contributed by atoms with van der Waals surface area (Å²) in [6, 6.07) is 3.32.